The van der Waals surface area contributed by atoms with Crippen molar-refractivity contribution in [3.8, 4) is 11.5 Å². The van der Waals surface area contributed by atoms with Crippen LogP contribution in [0.3, 0.4) is 0 Å². The summed E-state index contributed by atoms with van der Waals surface area (Å²) >= 11 is 6.23. The Morgan fingerprint density at radius 1 is 0.941 bits per heavy atom. The van der Waals surface area contributed by atoms with E-state index in [4.69, 9.17) is 21.1 Å². The topological polar surface area (TPSA) is 83.7 Å². The highest BCUT2D eigenvalue weighted by Crippen LogP contribution is 2.33. The van der Waals surface area contributed by atoms with Crippen molar-refractivity contribution in [2.45, 2.75) is 13.1 Å². The summed E-state index contributed by atoms with van der Waals surface area (Å²) in [6, 6.07) is 21.7. The molecule has 2 heterocycles. The Morgan fingerprint density at radius 2 is 1.65 bits per heavy atom. The molecule has 4 aromatic rings. The monoisotopic (exact) mass is 475 g/mol. The summed E-state index contributed by atoms with van der Waals surface area (Å²) in [6.07, 6.45) is 0. The highest BCUT2D eigenvalue weighted by molar-refractivity contribution is 6.33. The van der Waals surface area contributed by atoms with Crippen LogP contribution in [0.2, 0.25) is 5.02 Å². The standard InChI is InChI=1S/C26H22ClN3O4/c27-20-8-4-5-9-21(20)29-26(32)30(15-17-6-2-1-3-7-17)16-19-12-18-13-23-24(34-11-10-33-23)14-22(18)28-25(19)31/h1-9,12-14H,10-11,15-16H2,(H,28,31)(H,29,32). The first-order valence-corrected chi connectivity index (χ1v) is 11.2. The van der Waals surface area contributed by atoms with Crippen LogP contribution in [0.15, 0.2) is 77.6 Å². The molecule has 8 heteroatoms. The quantitative estimate of drug-likeness (QED) is 0.416. The molecule has 0 saturated heterocycles. The largest absolute Gasteiger partial charge is 0.486 e. The maximum Gasteiger partial charge on any atom is 0.322 e. The third kappa shape index (κ3) is 4.70. The van der Waals surface area contributed by atoms with Gasteiger partial charge in [-0.25, -0.2) is 4.79 Å². The number of anilines is 1. The fourth-order valence-corrected chi connectivity index (χ4v) is 4.05. The molecule has 1 aliphatic rings. The molecule has 1 aromatic heterocycles. The maximum absolute atomic E-state index is 13.2. The van der Waals surface area contributed by atoms with Crippen LogP contribution in [0, 0.1) is 0 Å². The zero-order valence-corrected chi connectivity index (χ0v) is 19.0. The summed E-state index contributed by atoms with van der Waals surface area (Å²) < 4.78 is 11.3. The van der Waals surface area contributed by atoms with Gasteiger partial charge in [-0.1, -0.05) is 54.1 Å². The van der Waals surface area contributed by atoms with Gasteiger partial charge in [-0.05, 0) is 29.8 Å². The first-order chi connectivity index (χ1) is 16.6. The van der Waals surface area contributed by atoms with Gasteiger partial charge in [0, 0.05) is 23.6 Å². The van der Waals surface area contributed by atoms with Gasteiger partial charge in [-0.15, -0.1) is 0 Å². The van der Waals surface area contributed by atoms with E-state index in [9.17, 15) is 9.59 Å². The number of nitrogens with zero attached hydrogens (tertiary/aromatic N) is 1. The first-order valence-electron chi connectivity index (χ1n) is 10.9. The minimum atomic E-state index is -0.362. The van der Waals surface area contributed by atoms with E-state index in [2.05, 4.69) is 10.3 Å². The van der Waals surface area contributed by atoms with Crippen molar-refractivity contribution in [1.82, 2.24) is 9.88 Å². The number of aromatic nitrogens is 1. The number of hydrogen-bond donors (Lipinski definition) is 2. The van der Waals surface area contributed by atoms with Crippen molar-refractivity contribution in [1.29, 1.82) is 0 Å². The number of pyridine rings is 1. The molecule has 0 radical (unpaired) electrons. The van der Waals surface area contributed by atoms with Crippen LogP contribution in [0.5, 0.6) is 11.5 Å². The van der Waals surface area contributed by atoms with Gasteiger partial charge in [-0.2, -0.15) is 0 Å². The molecule has 0 bridgehead atoms. The smallest absolute Gasteiger partial charge is 0.322 e. The summed E-state index contributed by atoms with van der Waals surface area (Å²) in [7, 11) is 0. The predicted molar refractivity (Wildman–Crippen MR) is 132 cm³/mol. The molecule has 0 unspecified atom stereocenters. The molecule has 0 fully saturated rings. The number of aromatic amines is 1. The van der Waals surface area contributed by atoms with Gasteiger partial charge in [-0.3, -0.25) is 4.79 Å². The summed E-state index contributed by atoms with van der Waals surface area (Å²) in [5, 5.41) is 4.09. The molecule has 1 aliphatic heterocycles. The Kier molecular flexibility index (Phi) is 6.10. The molecule has 0 atom stereocenters. The molecule has 5 rings (SSSR count). The van der Waals surface area contributed by atoms with E-state index in [1.807, 2.05) is 36.4 Å². The molecular weight excluding hydrogens is 454 g/mol. The van der Waals surface area contributed by atoms with Crippen LogP contribution in [0.1, 0.15) is 11.1 Å². The second-order valence-electron chi connectivity index (χ2n) is 7.96. The van der Waals surface area contributed by atoms with E-state index >= 15 is 0 Å². The van der Waals surface area contributed by atoms with E-state index in [1.165, 1.54) is 0 Å². The summed E-state index contributed by atoms with van der Waals surface area (Å²) in [6.45, 7) is 1.36. The van der Waals surface area contributed by atoms with Gasteiger partial charge in [0.05, 0.1) is 22.8 Å². The SMILES string of the molecule is O=C(Nc1ccccc1Cl)N(Cc1ccccc1)Cc1cc2cc3c(cc2[nH]c1=O)OCCO3. The Labute approximate surface area is 200 Å². The van der Waals surface area contributed by atoms with Crippen molar-refractivity contribution >= 4 is 34.2 Å². The lowest BCUT2D eigenvalue weighted by atomic mass is 10.1. The van der Waals surface area contributed by atoms with Crippen molar-refractivity contribution < 1.29 is 14.3 Å². The van der Waals surface area contributed by atoms with Crippen LogP contribution in [0.25, 0.3) is 10.9 Å². The number of nitrogens with one attached hydrogen (secondary N) is 2. The maximum atomic E-state index is 13.2. The number of benzene rings is 3. The van der Waals surface area contributed by atoms with E-state index in [0.717, 1.165) is 10.9 Å². The highest BCUT2D eigenvalue weighted by Gasteiger charge is 2.19. The molecular formula is C26H22ClN3O4. The lowest BCUT2D eigenvalue weighted by molar-refractivity contribution is 0.172. The molecule has 34 heavy (non-hydrogen) atoms. The van der Waals surface area contributed by atoms with Gasteiger partial charge < -0.3 is 24.7 Å². The normalized spacial score (nSPS) is 12.4. The van der Waals surface area contributed by atoms with Gasteiger partial charge in [0.15, 0.2) is 11.5 Å². The number of hydrogen-bond acceptors (Lipinski definition) is 4. The van der Waals surface area contributed by atoms with E-state index in [0.29, 0.717) is 53.0 Å². The minimum Gasteiger partial charge on any atom is -0.486 e. The number of carbonyl (C=O) groups excluding carboxylic acids is 1. The summed E-state index contributed by atoms with van der Waals surface area (Å²) in [4.78, 5) is 30.6. The lowest BCUT2D eigenvalue weighted by Gasteiger charge is -2.24. The van der Waals surface area contributed by atoms with Crippen LogP contribution < -0.4 is 20.3 Å². The third-order valence-corrected chi connectivity index (χ3v) is 5.89. The lowest BCUT2D eigenvalue weighted by Crippen LogP contribution is -2.35. The molecule has 7 nitrogen and oxygen atoms in total. The predicted octanol–water partition coefficient (Wildman–Crippen LogP) is 5.19. The summed E-state index contributed by atoms with van der Waals surface area (Å²) in [5.41, 5.74) is 2.27. The van der Waals surface area contributed by atoms with Crippen molar-refractivity contribution in [3.05, 3.63) is 99.3 Å². The van der Waals surface area contributed by atoms with Crippen LogP contribution in [0.4, 0.5) is 10.5 Å². The zero-order valence-electron chi connectivity index (χ0n) is 18.2. The van der Waals surface area contributed by atoms with Crippen LogP contribution >= 0.6 is 11.6 Å². The summed E-state index contributed by atoms with van der Waals surface area (Å²) in [5.74, 6) is 1.24. The number of carbonyl (C=O) groups is 1. The Hall–Kier alpha value is -3.97. The first kappa shape index (κ1) is 21.9. The second-order valence-corrected chi connectivity index (χ2v) is 8.37. The van der Waals surface area contributed by atoms with E-state index < -0.39 is 0 Å². The Bertz CT molecular complexity index is 1400. The molecule has 0 saturated carbocycles. The van der Waals surface area contributed by atoms with Gasteiger partial charge in [0.2, 0.25) is 0 Å². The number of halogens is 1. The molecule has 3 aromatic carbocycles. The van der Waals surface area contributed by atoms with Crippen LogP contribution in [-0.4, -0.2) is 29.1 Å². The van der Waals surface area contributed by atoms with Crippen LogP contribution in [-0.2, 0) is 13.1 Å². The Balaban J connectivity index is 1.47. The third-order valence-electron chi connectivity index (χ3n) is 5.56. The highest BCUT2D eigenvalue weighted by atomic mass is 35.5. The number of H-pyrrole nitrogens is 1. The van der Waals surface area contributed by atoms with Gasteiger partial charge in [0.25, 0.3) is 5.56 Å². The number of rotatable bonds is 5. The minimum absolute atomic E-state index is 0.102. The molecule has 0 spiro atoms. The number of fused-ring (bicyclic) bond motifs is 2. The van der Waals surface area contributed by atoms with Gasteiger partial charge in [0.1, 0.15) is 13.2 Å². The number of amides is 2. The molecule has 2 amide bonds. The molecule has 172 valence electrons. The second kappa shape index (κ2) is 9.49. The molecule has 2 N–H and O–H groups in total. The van der Waals surface area contributed by atoms with Crippen molar-refractivity contribution in [2.75, 3.05) is 18.5 Å². The fourth-order valence-electron chi connectivity index (χ4n) is 3.87. The van der Waals surface area contributed by atoms with Crippen molar-refractivity contribution in [3.63, 3.8) is 0 Å². The number of ether oxygens (including phenoxy) is 2. The fraction of sp³-hybridized carbons (Fsp3) is 0.154. The zero-order chi connectivity index (χ0) is 23.5. The Morgan fingerprint density at radius 3 is 2.41 bits per heavy atom. The van der Waals surface area contributed by atoms with E-state index in [1.54, 1.807) is 41.3 Å². The number of para-hydroxylation sites is 1. The van der Waals surface area contributed by atoms with E-state index in [-0.39, 0.29) is 18.1 Å². The van der Waals surface area contributed by atoms with Crippen molar-refractivity contribution in [2.24, 2.45) is 0 Å². The van der Waals surface area contributed by atoms with Gasteiger partial charge >= 0.3 is 6.03 Å². The average Bonchev–Trinajstić information content (AvgIpc) is 2.85. The average molecular weight is 476 g/mol. The number of urea groups is 1. The molecule has 0 aliphatic carbocycles.